The maximum absolute atomic E-state index is 2.72. The first-order valence-corrected chi connectivity index (χ1v) is 13.0. The van der Waals surface area contributed by atoms with E-state index in [0.717, 1.165) is 19.3 Å². The molecule has 0 saturated carbocycles. The van der Waals surface area contributed by atoms with Gasteiger partial charge in [-0.3, -0.25) is 0 Å². The van der Waals surface area contributed by atoms with Crippen LogP contribution in [0.3, 0.4) is 0 Å². The number of hydrogen-bond acceptors (Lipinski definition) is 0. The van der Waals surface area contributed by atoms with Crippen molar-refractivity contribution in [2.75, 3.05) is 0 Å². The van der Waals surface area contributed by atoms with E-state index < -0.39 is 0 Å². The standard InChI is InChI=1S/C31H40N/c1-8-12-14-21-19-22-17-18-32-28-26(22)25(20-21)29(5,6)23-15-13-16-24(27(23)28)30(7,9-2)31(32,10-3)11-4/h13,15-20H,8-12,14H2,1-7H3/q+1. The predicted molar refractivity (Wildman–Crippen MR) is 137 cm³/mol. The number of rotatable bonds is 6. The van der Waals surface area contributed by atoms with E-state index in [9.17, 15) is 0 Å². The van der Waals surface area contributed by atoms with E-state index in [2.05, 4.69) is 95.6 Å². The SMILES string of the molecule is CCCCc1cc2c3c4[n+](ccc3c1)C(CC)(CC)C(C)(CC)c1cccc(c1-4)C2(C)C. The monoisotopic (exact) mass is 426 g/mol. The van der Waals surface area contributed by atoms with Crippen molar-refractivity contribution < 1.29 is 4.57 Å². The molecule has 0 radical (unpaired) electrons. The Balaban J connectivity index is 1.98. The second kappa shape index (κ2) is 7.17. The van der Waals surface area contributed by atoms with Gasteiger partial charge in [0.05, 0.1) is 16.4 Å². The van der Waals surface area contributed by atoms with Crippen LogP contribution in [0.5, 0.6) is 0 Å². The Hall–Kier alpha value is -2.15. The average molecular weight is 427 g/mol. The summed E-state index contributed by atoms with van der Waals surface area (Å²) in [7, 11) is 0. The molecule has 1 unspecified atom stereocenters. The zero-order valence-electron chi connectivity index (χ0n) is 21.2. The van der Waals surface area contributed by atoms with Gasteiger partial charge in [-0.15, -0.1) is 0 Å². The van der Waals surface area contributed by atoms with E-state index in [-0.39, 0.29) is 16.4 Å². The predicted octanol–water partition coefficient (Wildman–Crippen LogP) is 7.97. The second-order valence-corrected chi connectivity index (χ2v) is 11.0. The number of aromatic nitrogens is 1. The van der Waals surface area contributed by atoms with Crippen LogP contribution in [0.15, 0.2) is 42.6 Å². The Morgan fingerprint density at radius 2 is 1.53 bits per heavy atom. The first-order valence-electron chi connectivity index (χ1n) is 13.0. The molecule has 0 saturated heterocycles. The summed E-state index contributed by atoms with van der Waals surface area (Å²) in [5.41, 5.74) is 9.33. The van der Waals surface area contributed by atoms with Crippen LogP contribution in [0.2, 0.25) is 0 Å². The molecule has 1 nitrogen and oxygen atoms in total. The van der Waals surface area contributed by atoms with E-state index in [1.807, 2.05) is 0 Å². The molecule has 1 heteroatoms. The molecule has 2 heterocycles. The number of aryl methyl sites for hydroxylation is 1. The topological polar surface area (TPSA) is 3.88 Å². The summed E-state index contributed by atoms with van der Waals surface area (Å²) in [5, 5.41) is 2.93. The largest absolute Gasteiger partial charge is 0.221 e. The molecule has 3 aromatic rings. The molecule has 0 fully saturated rings. The summed E-state index contributed by atoms with van der Waals surface area (Å²) in [6.07, 6.45) is 9.56. The van der Waals surface area contributed by atoms with Gasteiger partial charge in [-0.2, -0.15) is 4.57 Å². The molecular weight excluding hydrogens is 386 g/mol. The van der Waals surface area contributed by atoms with E-state index >= 15 is 0 Å². The van der Waals surface area contributed by atoms with Gasteiger partial charge in [-0.1, -0.05) is 78.3 Å². The van der Waals surface area contributed by atoms with Crippen LogP contribution >= 0.6 is 0 Å². The summed E-state index contributed by atoms with van der Waals surface area (Å²) < 4.78 is 2.72. The molecule has 5 rings (SSSR count). The molecule has 2 aliphatic rings. The highest BCUT2D eigenvalue weighted by atomic mass is 15.1. The second-order valence-electron chi connectivity index (χ2n) is 11.0. The van der Waals surface area contributed by atoms with Crippen molar-refractivity contribution in [3.8, 4) is 11.3 Å². The molecule has 0 bridgehead atoms. The molecule has 168 valence electrons. The van der Waals surface area contributed by atoms with Crippen LogP contribution in [-0.4, -0.2) is 0 Å². The highest BCUT2D eigenvalue weighted by Gasteiger charge is 2.60. The lowest BCUT2D eigenvalue weighted by molar-refractivity contribution is -0.768. The Bertz CT molecular complexity index is 1210. The van der Waals surface area contributed by atoms with Crippen molar-refractivity contribution >= 4 is 10.8 Å². The molecule has 0 N–H and O–H groups in total. The molecule has 0 spiro atoms. The third kappa shape index (κ3) is 2.43. The molecule has 1 aliphatic heterocycles. The molecule has 2 aromatic carbocycles. The van der Waals surface area contributed by atoms with Crippen LogP contribution in [0.25, 0.3) is 22.0 Å². The minimum absolute atomic E-state index is 0.00504. The summed E-state index contributed by atoms with van der Waals surface area (Å²) in [4.78, 5) is 0. The van der Waals surface area contributed by atoms with E-state index in [4.69, 9.17) is 0 Å². The summed E-state index contributed by atoms with van der Waals surface area (Å²) in [6.45, 7) is 16.9. The lowest BCUT2D eigenvalue weighted by atomic mass is 9.56. The van der Waals surface area contributed by atoms with Gasteiger partial charge in [-0.25, -0.2) is 0 Å². The molecule has 1 atom stereocenters. The molecule has 1 aliphatic carbocycles. The number of pyridine rings is 1. The van der Waals surface area contributed by atoms with Crippen LogP contribution in [0.1, 0.15) is 103 Å². The van der Waals surface area contributed by atoms with Crippen molar-refractivity contribution in [1.82, 2.24) is 0 Å². The number of benzene rings is 2. The van der Waals surface area contributed by atoms with Gasteiger partial charge in [0.25, 0.3) is 0 Å². The van der Waals surface area contributed by atoms with Gasteiger partial charge in [0.2, 0.25) is 5.69 Å². The Labute approximate surface area is 194 Å². The zero-order valence-corrected chi connectivity index (χ0v) is 21.2. The minimum atomic E-state index is 0.00504. The Kier molecular flexibility index (Phi) is 4.86. The lowest BCUT2D eigenvalue weighted by Gasteiger charge is -2.50. The van der Waals surface area contributed by atoms with Crippen molar-refractivity contribution in [3.63, 3.8) is 0 Å². The van der Waals surface area contributed by atoms with Crippen molar-refractivity contribution in [1.29, 1.82) is 0 Å². The van der Waals surface area contributed by atoms with Gasteiger partial charge in [0.15, 0.2) is 11.7 Å². The average Bonchev–Trinajstić information content (AvgIpc) is 2.81. The summed E-state index contributed by atoms with van der Waals surface area (Å²) in [6, 6.07) is 14.6. The quantitative estimate of drug-likeness (QED) is 0.352. The van der Waals surface area contributed by atoms with Crippen molar-refractivity contribution in [2.45, 2.75) is 103 Å². The van der Waals surface area contributed by atoms with Crippen LogP contribution in [-0.2, 0) is 22.8 Å². The smallest absolute Gasteiger partial charge is 0.191 e. The first kappa shape index (κ1) is 21.7. The summed E-state index contributed by atoms with van der Waals surface area (Å²) >= 11 is 0. The molecule has 32 heavy (non-hydrogen) atoms. The maximum Gasteiger partial charge on any atom is 0.221 e. The van der Waals surface area contributed by atoms with Gasteiger partial charge < -0.3 is 0 Å². The summed E-state index contributed by atoms with van der Waals surface area (Å²) in [5.74, 6) is 0. The minimum Gasteiger partial charge on any atom is -0.191 e. The fourth-order valence-electron chi connectivity index (χ4n) is 7.43. The highest BCUT2D eigenvalue weighted by Crippen LogP contribution is 2.57. The fraction of sp³-hybridized carbons (Fsp3) is 0.516. The lowest BCUT2D eigenvalue weighted by Crippen LogP contribution is -2.69. The third-order valence-electron chi connectivity index (χ3n) is 9.54. The third-order valence-corrected chi connectivity index (χ3v) is 9.54. The molecule has 1 aromatic heterocycles. The number of unbranched alkanes of at least 4 members (excludes halogenated alkanes) is 1. The first-order chi connectivity index (χ1) is 15.3. The zero-order chi connectivity index (χ0) is 22.9. The van der Waals surface area contributed by atoms with Crippen LogP contribution < -0.4 is 4.57 Å². The van der Waals surface area contributed by atoms with Gasteiger partial charge in [0.1, 0.15) is 0 Å². The number of hydrogen-bond donors (Lipinski definition) is 0. The van der Waals surface area contributed by atoms with E-state index in [1.54, 1.807) is 5.56 Å². The molecule has 0 amide bonds. The van der Waals surface area contributed by atoms with Crippen molar-refractivity contribution in [3.05, 3.63) is 64.8 Å². The fourth-order valence-corrected chi connectivity index (χ4v) is 7.43. The molecular formula is C31H40N+. The normalized spacial score (nSPS) is 21.7. The number of nitrogens with zero attached hydrogens (tertiary/aromatic N) is 1. The van der Waals surface area contributed by atoms with Gasteiger partial charge in [0, 0.05) is 24.3 Å². The van der Waals surface area contributed by atoms with Gasteiger partial charge >= 0.3 is 0 Å². The highest BCUT2D eigenvalue weighted by molar-refractivity contribution is 6.01. The van der Waals surface area contributed by atoms with Gasteiger partial charge in [-0.05, 0) is 53.8 Å². The Morgan fingerprint density at radius 3 is 2.19 bits per heavy atom. The Morgan fingerprint density at radius 1 is 0.812 bits per heavy atom. The van der Waals surface area contributed by atoms with E-state index in [0.29, 0.717) is 0 Å². The van der Waals surface area contributed by atoms with E-state index in [1.165, 1.54) is 58.0 Å². The maximum atomic E-state index is 2.72. The van der Waals surface area contributed by atoms with Crippen LogP contribution in [0, 0.1) is 0 Å². The van der Waals surface area contributed by atoms with Crippen molar-refractivity contribution in [2.24, 2.45) is 0 Å². The van der Waals surface area contributed by atoms with Crippen LogP contribution in [0.4, 0.5) is 0 Å².